The fraction of sp³-hybridized carbons (Fsp3) is 1.00. The smallest absolute Gasteiger partial charge is 0.00950 e. The minimum absolute atomic E-state index is 0. The Morgan fingerprint density at radius 1 is 0.783 bits per heavy atom. The topological polar surface area (TPSA) is 3.24 Å². The van der Waals surface area contributed by atoms with Gasteiger partial charge in [0.1, 0.15) is 0 Å². The molecule has 1 saturated heterocycles. The first kappa shape index (κ1) is 19.6. The van der Waals surface area contributed by atoms with Gasteiger partial charge >= 0.3 is 0 Å². The van der Waals surface area contributed by atoms with E-state index < -0.39 is 0 Å². The van der Waals surface area contributed by atoms with Crippen LogP contribution in [0.5, 0.6) is 0 Å². The van der Waals surface area contributed by atoms with Gasteiger partial charge in [-0.25, -0.2) is 0 Å². The van der Waals surface area contributed by atoms with Gasteiger partial charge in [-0.15, -0.1) is 0 Å². The Kier molecular flexibility index (Phi) is 8.28. The van der Waals surface area contributed by atoms with E-state index in [0.29, 0.717) is 0 Å². The van der Waals surface area contributed by atoms with Gasteiger partial charge in [0.05, 0.1) is 0 Å². The van der Waals surface area contributed by atoms with Crippen LogP contribution in [0.4, 0.5) is 0 Å². The lowest BCUT2D eigenvalue weighted by Crippen LogP contribution is -2.40. The van der Waals surface area contributed by atoms with Crippen LogP contribution < -0.4 is 0 Å². The molecule has 0 N–H and O–H groups in total. The van der Waals surface area contributed by atoms with Gasteiger partial charge in [0.15, 0.2) is 0 Å². The molecule has 0 aromatic heterocycles. The number of nitrogens with zero attached hydrogens (tertiary/aromatic N) is 1. The number of rotatable bonds is 4. The molecular formula is C21H41NS. The third kappa shape index (κ3) is 5.39. The zero-order chi connectivity index (χ0) is 15.4. The molecule has 0 aromatic rings. The number of hydrogen-bond donors (Lipinski definition) is 0. The highest BCUT2D eigenvalue weighted by atomic mass is 32.1. The molecule has 2 saturated carbocycles. The van der Waals surface area contributed by atoms with E-state index >= 15 is 0 Å². The average molecular weight is 340 g/mol. The molecule has 1 heterocycles. The van der Waals surface area contributed by atoms with Crippen molar-refractivity contribution < 1.29 is 0 Å². The molecule has 23 heavy (non-hydrogen) atoms. The van der Waals surface area contributed by atoms with Crippen LogP contribution in [0.25, 0.3) is 0 Å². The maximum atomic E-state index is 2.70. The van der Waals surface area contributed by atoms with Crippen molar-refractivity contribution in [3.8, 4) is 0 Å². The van der Waals surface area contributed by atoms with Crippen LogP contribution in [0.1, 0.15) is 90.4 Å². The van der Waals surface area contributed by atoms with Crippen LogP contribution >= 0.6 is 13.5 Å². The zero-order valence-corrected chi connectivity index (χ0v) is 16.7. The molecule has 1 aliphatic heterocycles. The van der Waals surface area contributed by atoms with E-state index in [0.717, 1.165) is 29.7 Å². The van der Waals surface area contributed by atoms with Crippen molar-refractivity contribution >= 4 is 13.5 Å². The Hall–Kier alpha value is 0.310. The maximum Gasteiger partial charge on any atom is 0.00950 e. The first-order chi connectivity index (χ1) is 10.7. The minimum atomic E-state index is 0. The molecule has 3 fully saturated rings. The quantitative estimate of drug-likeness (QED) is 0.607. The second kappa shape index (κ2) is 9.70. The van der Waals surface area contributed by atoms with Crippen molar-refractivity contribution in [2.75, 3.05) is 13.6 Å². The maximum absolute atomic E-state index is 2.70. The molecule has 0 amide bonds. The SMILES string of the molecule is CC1CCC(C(CC2CCCCN2C)C2CCCCC2)CC1.S. The van der Waals surface area contributed by atoms with Gasteiger partial charge in [-0.3, -0.25) is 0 Å². The van der Waals surface area contributed by atoms with Crippen LogP contribution in [0.15, 0.2) is 0 Å². The summed E-state index contributed by atoms with van der Waals surface area (Å²) in [6, 6.07) is 0.903. The number of likely N-dealkylation sites (tertiary alicyclic amines) is 1. The summed E-state index contributed by atoms with van der Waals surface area (Å²) in [5.41, 5.74) is 0. The fourth-order valence-electron chi connectivity index (χ4n) is 5.80. The number of hydrogen-bond acceptors (Lipinski definition) is 1. The summed E-state index contributed by atoms with van der Waals surface area (Å²) < 4.78 is 0. The largest absolute Gasteiger partial charge is 0.303 e. The summed E-state index contributed by atoms with van der Waals surface area (Å²) in [5.74, 6) is 4.19. The van der Waals surface area contributed by atoms with E-state index in [9.17, 15) is 0 Å². The van der Waals surface area contributed by atoms with Crippen LogP contribution in [0.2, 0.25) is 0 Å². The van der Waals surface area contributed by atoms with E-state index in [-0.39, 0.29) is 13.5 Å². The van der Waals surface area contributed by atoms with Crippen LogP contribution in [0, 0.1) is 23.7 Å². The summed E-state index contributed by atoms with van der Waals surface area (Å²) >= 11 is 0. The monoisotopic (exact) mass is 339 g/mol. The summed E-state index contributed by atoms with van der Waals surface area (Å²) in [4.78, 5) is 2.70. The van der Waals surface area contributed by atoms with Gasteiger partial charge in [-0.1, -0.05) is 58.3 Å². The first-order valence-electron chi connectivity index (χ1n) is 10.4. The van der Waals surface area contributed by atoms with Crippen LogP contribution in [0.3, 0.4) is 0 Å². The second-order valence-electron chi connectivity index (χ2n) is 8.95. The van der Waals surface area contributed by atoms with Gasteiger partial charge in [-0.05, 0) is 69.4 Å². The van der Waals surface area contributed by atoms with E-state index in [2.05, 4.69) is 18.9 Å². The fourth-order valence-corrected chi connectivity index (χ4v) is 5.80. The Morgan fingerprint density at radius 2 is 1.39 bits per heavy atom. The molecule has 0 bridgehead atoms. The van der Waals surface area contributed by atoms with Gasteiger partial charge < -0.3 is 4.90 Å². The molecule has 2 unspecified atom stereocenters. The van der Waals surface area contributed by atoms with Crippen LogP contribution in [-0.2, 0) is 0 Å². The Bertz CT molecular complexity index is 318. The molecule has 3 rings (SSSR count). The van der Waals surface area contributed by atoms with E-state index in [4.69, 9.17) is 0 Å². The Morgan fingerprint density at radius 3 is 2.04 bits per heavy atom. The molecule has 2 heteroatoms. The normalized spacial score (nSPS) is 35.5. The van der Waals surface area contributed by atoms with Crippen molar-refractivity contribution in [1.82, 2.24) is 4.90 Å². The standard InChI is InChI=1S/C21H39N.H2S/c1-17-11-13-19(14-12-17)21(18-8-4-3-5-9-18)16-20-10-6-7-15-22(20)2;/h17-21H,3-16H2,1-2H3;1H2. The van der Waals surface area contributed by atoms with Crippen molar-refractivity contribution in [2.45, 2.75) is 96.4 Å². The van der Waals surface area contributed by atoms with Gasteiger partial charge in [0.25, 0.3) is 0 Å². The number of piperidine rings is 1. The lowest BCUT2D eigenvalue weighted by atomic mass is 9.66. The van der Waals surface area contributed by atoms with Gasteiger partial charge in [0, 0.05) is 6.04 Å². The molecule has 1 nitrogen and oxygen atoms in total. The summed E-state index contributed by atoms with van der Waals surface area (Å²) in [7, 11) is 2.39. The summed E-state index contributed by atoms with van der Waals surface area (Å²) in [6.45, 7) is 3.82. The zero-order valence-electron chi connectivity index (χ0n) is 15.7. The molecule has 136 valence electrons. The Balaban J connectivity index is 0.00000192. The molecule has 0 spiro atoms. The third-order valence-corrected chi connectivity index (χ3v) is 7.39. The highest BCUT2D eigenvalue weighted by molar-refractivity contribution is 7.59. The minimum Gasteiger partial charge on any atom is -0.303 e. The highest BCUT2D eigenvalue weighted by Crippen LogP contribution is 2.44. The lowest BCUT2D eigenvalue weighted by molar-refractivity contribution is 0.0747. The van der Waals surface area contributed by atoms with E-state index in [1.807, 2.05) is 0 Å². The predicted molar refractivity (Wildman–Crippen MR) is 106 cm³/mol. The van der Waals surface area contributed by atoms with Gasteiger partial charge in [-0.2, -0.15) is 13.5 Å². The summed E-state index contributed by atoms with van der Waals surface area (Å²) in [6.07, 6.45) is 19.7. The molecule has 3 aliphatic rings. The second-order valence-corrected chi connectivity index (χ2v) is 8.95. The van der Waals surface area contributed by atoms with Crippen molar-refractivity contribution in [2.24, 2.45) is 23.7 Å². The molecule has 0 aromatic carbocycles. The molecular weight excluding hydrogens is 298 g/mol. The van der Waals surface area contributed by atoms with Crippen molar-refractivity contribution in [3.05, 3.63) is 0 Å². The van der Waals surface area contributed by atoms with E-state index in [1.165, 1.54) is 64.3 Å². The first-order valence-corrected chi connectivity index (χ1v) is 10.4. The van der Waals surface area contributed by atoms with Gasteiger partial charge in [0.2, 0.25) is 0 Å². The molecule has 0 radical (unpaired) electrons. The van der Waals surface area contributed by atoms with Crippen molar-refractivity contribution in [3.63, 3.8) is 0 Å². The summed E-state index contributed by atoms with van der Waals surface area (Å²) in [5, 5.41) is 0. The Labute approximate surface area is 152 Å². The van der Waals surface area contributed by atoms with E-state index in [1.54, 1.807) is 25.7 Å². The van der Waals surface area contributed by atoms with Crippen molar-refractivity contribution in [1.29, 1.82) is 0 Å². The average Bonchev–Trinajstić information content (AvgIpc) is 2.56. The lowest BCUT2D eigenvalue weighted by Gasteiger charge is -2.43. The molecule has 2 atom stereocenters. The third-order valence-electron chi connectivity index (χ3n) is 7.39. The highest BCUT2D eigenvalue weighted by Gasteiger charge is 2.35. The van der Waals surface area contributed by atoms with Crippen LogP contribution in [-0.4, -0.2) is 24.5 Å². The predicted octanol–water partition coefficient (Wildman–Crippen LogP) is 6.00. The molecule has 2 aliphatic carbocycles.